The van der Waals surface area contributed by atoms with E-state index in [0.29, 0.717) is 19.4 Å². The van der Waals surface area contributed by atoms with Crippen molar-refractivity contribution >= 4 is 23.1 Å². The number of aryl methyl sites for hydroxylation is 1. The quantitative estimate of drug-likeness (QED) is 0.725. The van der Waals surface area contributed by atoms with E-state index in [2.05, 4.69) is 31.1 Å². The smallest absolute Gasteiger partial charge is 0.306 e. The van der Waals surface area contributed by atoms with Crippen molar-refractivity contribution in [3.8, 4) is 0 Å². The Bertz CT molecular complexity index is 460. The summed E-state index contributed by atoms with van der Waals surface area (Å²) in [6.07, 6.45) is 1.53. The van der Waals surface area contributed by atoms with E-state index in [1.54, 1.807) is 18.3 Å². The molecule has 5 heteroatoms. The lowest BCUT2D eigenvalue weighted by Crippen LogP contribution is -2.11. The molecule has 0 bridgehead atoms. The Balaban J connectivity index is 2.34. The lowest BCUT2D eigenvalue weighted by Gasteiger charge is -2.14. The number of aromatic nitrogens is 1. The fourth-order valence-electron chi connectivity index (χ4n) is 1.62. The summed E-state index contributed by atoms with van der Waals surface area (Å²) in [6.45, 7) is 8.49. The Labute approximate surface area is 124 Å². The van der Waals surface area contributed by atoms with Gasteiger partial charge in [-0.05, 0) is 6.92 Å². The van der Waals surface area contributed by atoms with Crippen molar-refractivity contribution in [3.05, 3.63) is 16.1 Å². The molecule has 0 amide bonds. The Morgan fingerprint density at radius 2 is 1.95 bits per heavy atom. The number of hydrogen-bond donors (Lipinski definition) is 0. The first kappa shape index (κ1) is 16.8. The number of nitrogens with zero attached hydrogens (tertiary/aromatic N) is 1. The van der Waals surface area contributed by atoms with Crippen LogP contribution in [-0.2, 0) is 26.2 Å². The second-order valence-corrected chi connectivity index (χ2v) is 6.66. The van der Waals surface area contributed by atoms with Gasteiger partial charge in [0.1, 0.15) is 5.78 Å². The van der Waals surface area contributed by atoms with Crippen molar-refractivity contribution in [2.45, 2.75) is 58.8 Å². The topological polar surface area (TPSA) is 56.3 Å². The first-order chi connectivity index (χ1) is 9.32. The van der Waals surface area contributed by atoms with E-state index in [9.17, 15) is 9.59 Å². The van der Waals surface area contributed by atoms with E-state index in [-0.39, 0.29) is 30.0 Å². The summed E-state index contributed by atoms with van der Waals surface area (Å²) in [6, 6.07) is 0. The van der Waals surface area contributed by atoms with Gasteiger partial charge in [0.15, 0.2) is 0 Å². The van der Waals surface area contributed by atoms with Crippen molar-refractivity contribution in [3.63, 3.8) is 0 Å². The van der Waals surface area contributed by atoms with Gasteiger partial charge in [0.25, 0.3) is 0 Å². The molecule has 0 aliphatic heterocycles. The van der Waals surface area contributed by atoms with Crippen molar-refractivity contribution < 1.29 is 14.3 Å². The highest BCUT2D eigenvalue weighted by Crippen LogP contribution is 2.24. The molecule has 0 atom stereocenters. The van der Waals surface area contributed by atoms with Crippen molar-refractivity contribution in [2.24, 2.45) is 0 Å². The minimum absolute atomic E-state index is 0.0443. The fourth-order valence-corrected chi connectivity index (χ4v) is 2.64. The highest BCUT2D eigenvalue weighted by Gasteiger charge is 2.17. The zero-order chi connectivity index (χ0) is 15.2. The maximum atomic E-state index is 11.7. The van der Waals surface area contributed by atoms with Crippen LogP contribution in [0.25, 0.3) is 0 Å². The number of carbonyl (C=O) groups is 2. The van der Waals surface area contributed by atoms with Crippen LogP contribution >= 0.6 is 11.3 Å². The summed E-state index contributed by atoms with van der Waals surface area (Å²) in [5.74, 6) is -0.212. The second kappa shape index (κ2) is 7.53. The first-order valence-corrected chi connectivity index (χ1v) is 7.83. The van der Waals surface area contributed by atoms with E-state index >= 15 is 0 Å². The first-order valence-electron chi connectivity index (χ1n) is 6.95. The molecule has 0 aromatic carbocycles. The number of Topliss-reactive ketones (excluding diaryl/α,β-unsaturated/α-hetero) is 1. The van der Waals surface area contributed by atoms with Crippen LogP contribution in [0.3, 0.4) is 0 Å². The molecule has 4 nitrogen and oxygen atoms in total. The molecule has 0 saturated carbocycles. The summed E-state index contributed by atoms with van der Waals surface area (Å²) in [5, 5.41) is 3.04. The number of esters is 1. The fraction of sp³-hybridized carbons (Fsp3) is 0.667. The lowest BCUT2D eigenvalue weighted by atomic mass is 9.93. The SMILES string of the molecule is CCOC(=O)CCC(=O)CCc1nc(C(C)(C)C)cs1. The second-order valence-electron chi connectivity index (χ2n) is 5.72. The van der Waals surface area contributed by atoms with Crippen molar-refractivity contribution in [1.82, 2.24) is 4.98 Å². The third-order valence-corrected chi connectivity index (χ3v) is 3.76. The van der Waals surface area contributed by atoms with E-state index in [1.165, 1.54) is 0 Å². The normalized spacial score (nSPS) is 11.4. The van der Waals surface area contributed by atoms with E-state index in [1.807, 2.05) is 0 Å². The molecular formula is C15H23NO3S. The molecule has 0 radical (unpaired) electrons. The molecule has 0 spiro atoms. The Morgan fingerprint density at radius 1 is 1.25 bits per heavy atom. The van der Waals surface area contributed by atoms with Gasteiger partial charge in [0.05, 0.1) is 23.7 Å². The number of ether oxygens (including phenoxy) is 1. The third-order valence-electron chi connectivity index (χ3n) is 2.85. The van der Waals surface area contributed by atoms with E-state index in [4.69, 9.17) is 4.74 Å². The number of hydrogen-bond acceptors (Lipinski definition) is 5. The summed E-state index contributed by atoms with van der Waals surface area (Å²) in [7, 11) is 0. The average Bonchev–Trinajstić information content (AvgIpc) is 2.83. The molecule has 0 saturated heterocycles. The van der Waals surface area contributed by atoms with Gasteiger partial charge < -0.3 is 4.74 Å². The van der Waals surface area contributed by atoms with Gasteiger partial charge in [-0.2, -0.15) is 0 Å². The maximum Gasteiger partial charge on any atom is 0.306 e. The highest BCUT2D eigenvalue weighted by molar-refractivity contribution is 7.09. The minimum atomic E-state index is -0.301. The summed E-state index contributed by atoms with van der Waals surface area (Å²) in [5.41, 5.74) is 1.11. The third kappa shape index (κ3) is 5.82. The highest BCUT2D eigenvalue weighted by atomic mass is 32.1. The number of ketones is 1. The zero-order valence-electron chi connectivity index (χ0n) is 12.7. The summed E-state index contributed by atoms with van der Waals surface area (Å²) >= 11 is 1.60. The van der Waals surface area contributed by atoms with Crippen LogP contribution in [0.2, 0.25) is 0 Å². The minimum Gasteiger partial charge on any atom is -0.466 e. The van der Waals surface area contributed by atoms with Crippen molar-refractivity contribution in [1.29, 1.82) is 0 Å². The molecule has 0 N–H and O–H groups in total. The molecule has 0 aliphatic carbocycles. The Morgan fingerprint density at radius 3 is 2.50 bits per heavy atom. The van der Waals surface area contributed by atoms with Gasteiger partial charge in [-0.3, -0.25) is 9.59 Å². The molecule has 0 unspecified atom stereocenters. The summed E-state index contributed by atoms with van der Waals surface area (Å²) < 4.78 is 4.79. The summed E-state index contributed by atoms with van der Waals surface area (Å²) in [4.78, 5) is 27.4. The standard InChI is InChI=1S/C15H23NO3S/c1-5-19-14(18)9-7-11(17)6-8-13-16-12(10-20-13)15(2,3)4/h10H,5-9H2,1-4H3. The van der Waals surface area contributed by atoms with Crippen molar-refractivity contribution in [2.75, 3.05) is 6.61 Å². The van der Waals surface area contributed by atoms with Gasteiger partial charge in [0, 0.05) is 30.1 Å². The Hall–Kier alpha value is -1.23. The number of rotatable bonds is 7. The van der Waals surface area contributed by atoms with Crippen LogP contribution in [0.5, 0.6) is 0 Å². The van der Waals surface area contributed by atoms with Crippen LogP contribution in [-0.4, -0.2) is 23.3 Å². The monoisotopic (exact) mass is 297 g/mol. The van der Waals surface area contributed by atoms with Crippen LogP contribution < -0.4 is 0 Å². The van der Waals surface area contributed by atoms with Crippen LogP contribution in [0.15, 0.2) is 5.38 Å². The average molecular weight is 297 g/mol. The molecule has 0 fully saturated rings. The molecule has 112 valence electrons. The number of thiazole rings is 1. The molecule has 1 rings (SSSR count). The van der Waals surface area contributed by atoms with Crippen LogP contribution in [0, 0.1) is 0 Å². The van der Waals surface area contributed by atoms with Gasteiger partial charge >= 0.3 is 5.97 Å². The van der Waals surface area contributed by atoms with Gasteiger partial charge in [-0.1, -0.05) is 20.8 Å². The molecule has 1 aromatic heterocycles. The van der Waals surface area contributed by atoms with Gasteiger partial charge in [-0.15, -0.1) is 11.3 Å². The van der Waals surface area contributed by atoms with E-state index < -0.39 is 0 Å². The number of carbonyl (C=O) groups excluding carboxylic acids is 2. The predicted molar refractivity (Wildman–Crippen MR) is 80.0 cm³/mol. The zero-order valence-corrected chi connectivity index (χ0v) is 13.5. The molecule has 0 aliphatic rings. The van der Waals surface area contributed by atoms with Gasteiger partial charge in [-0.25, -0.2) is 4.98 Å². The van der Waals surface area contributed by atoms with Crippen LogP contribution in [0.4, 0.5) is 0 Å². The van der Waals surface area contributed by atoms with Gasteiger partial charge in [0.2, 0.25) is 0 Å². The Kier molecular flexibility index (Phi) is 6.33. The molecular weight excluding hydrogens is 274 g/mol. The predicted octanol–water partition coefficient (Wildman–Crippen LogP) is 3.29. The molecule has 1 heterocycles. The molecule has 1 aromatic rings. The van der Waals surface area contributed by atoms with Crippen LogP contribution in [0.1, 0.15) is 57.7 Å². The lowest BCUT2D eigenvalue weighted by molar-refractivity contribution is -0.144. The largest absolute Gasteiger partial charge is 0.466 e. The maximum absolute atomic E-state index is 11.7. The molecule has 20 heavy (non-hydrogen) atoms. The van der Waals surface area contributed by atoms with E-state index in [0.717, 1.165) is 10.7 Å².